The van der Waals surface area contributed by atoms with Crippen molar-refractivity contribution in [2.24, 2.45) is 0 Å². The van der Waals surface area contributed by atoms with E-state index in [1.54, 1.807) is 0 Å². The minimum Gasteiger partial charge on any atom is -0.423 e. The quantitative estimate of drug-likeness (QED) is 0.219. The van der Waals surface area contributed by atoms with E-state index >= 15 is 0 Å². The lowest BCUT2D eigenvalue weighted by atomic mass is 10.0. The largest absolute Gasteiger partial charge is 0.423 e. The molecule has 0 bridgehead atoms. The predicted octanol–water partition coefficient (Wildman–Crippen LogP) is 5.36. The van der Waals surface area contributed by atoms with Gasteiger partial charge >= 0.3 is 5.63 Å². The zero-order valence-corrected chi connectivity index (χ0v) is 17.3. The second kappa shape index (κ2) is 7.13. The van der Waals surface area contributed by atoms with Crippen LogP contribution in [0.3, 0.4) is 0 Å². The maximum Gasteiger partial charge on any atom is 0.336 e. The minimum absolute atomic E-state index is 0.370. The molecule has 0 spiro atoms. The van der Waals surface area contributed by atoms with Gasteiger partial charge in [0.25, 0.3) is 11.1 Å². The fraction of sp³-hybridized carbons (Fsp3) is 0.143. The fourth-order valence-corrected chi connectivity index (χ4v) is 4.95. The highest BCUT2D eigenvalue weighted by Gasteiger charge is 2.16. The van der Waals surface area contributed by atoms with Crippen molar-refractivity contribution in [3.05, 3.63) is 69.1 Å². The van der Waals surface area contributed by atoms with Gasteiger partial charge in [-0.15, -0.1) is 21.5 Å². The lowest BCUT2D eigenvalue weighted by Crippen LogP contribution is -2.00. The van der Waals surface area contributed by atoms with E-state index in [0.717, 1.165) is 37.3 Å². The zero-order valence-electron chi connectivity index (χ0n) is 15.6. The average molecular weight is 422 g/mol. The molecule has 0 aliphatic heterocycles. The highest BCUT2D eigenvalue weighted by Crippen LogP contribution is 2.33. The van der Waals surface area contributed by atoms with Gasteiger partial charge < -0.3 is 8.83 Å². The Bertz CT molecular complexity index is 1420. The van der Waals surface area contributed by atoms with E-state index in [9.17, 15) is 4.79 Å². The number of aryl methyl sites for hydroxylation is 2. The maximum atomic E-state index is 12.0. The summed E-state index contributed by atoms with van der Waals surface area (Å²) in [6, 6.07) is 13.4. The van der Waals surface area contributed by atoms with Crippen LogP contribution in [0.25, 0.3) is 32.5 Å². The van der Waals surface area contributed by atoms with E-state index in [2.05, 4.69) is 15.2 Å². The first-order chi connectivity index (χ1) is 14.1. The molecule has 2 aromatic carbocycles. The number of benzene rings is 2. The first-order valence-corrected chi connectivity index (χ1v) is 10.7. The molecule has 0 aliphatic rings. The summed E-state index contributed by atoms with van der Waals surface area (Å²) < 4.78 is 11.2. The lowest BCUT2D eigenvalue weighted by molar-refractivity contribution is 0.466. The summed E-state index contributed by atoms with van der Waals surface area (Å²) in [6.07, 6.45) is 0. The van der Waals surface area contributed by atoms with Gasteiger partial charge in [0.15, 0.2) is 0 Å². The molecule has 6 nitrogen and oxygen atoms in total. The number of rotatable bonds is 4. The van der Waals surface area contributed by atoms with Crippen molar-refractivity contribution in [2.75, 3.05) is 0 Å². The van der Waals surface area contributed by atoms with Gasteiger partial charge in [-0.25, -0.2) is 9.78 Å². The lowest BCUT2D eigenvalue weighted by Gasteiger charge is -2.07. The molecule has 0 saturated carbocycles. The second-order valence-corrected chi connectivity index (χ2v) is 8.69. The van der Waals surface area contributed by atoms with Crippen LogP contribution in [0.1, 0.15) is 16.3 Å². The van der Waals surface area contributed by atoms with Crippen LogP contribution in [-0.4, -0.2) is 15.2 Å². The molecule has 5 aromatic rings. The molecule has 0 aliphatic carbocycles. The highest BCUT2D eigenvalue weighted by molar-refractivity contribution is 7.98. The Hall–Kier alpha value is -2.97. The number of thiazole rings is 1. The minimum atomic E-state index is -0.370. The number of nitrogens with zero attached hydrogens (tertiary/aromatic N) is 3. The van der Waals surface area contributed by atoms with E-state index in [0.29, 0.717) is 22.4 Å². The molecule has 8 heteroatoms. The Balaban J connectivity index is 1.50. The Morgan fingerprint density at radius 3 is 2.76 bits per heavy atom. The number of hydrogen-bond donors (Lipinski definition) is 0. The fourth-order valence-electron chi connectivity index (χ4n) is 3.36. The van der Waals surface area contributed by atoms with Gasteiger partial charge in [-0.1, -0.05) is 42.1 Å². The van der Waals surface area contributed by atoms with E-state index in [4.69, 9.17) is 8.83 Å². The van der Waals surface area contributed by atoms with Crippen LogP contribution in [0.5, 0.6) is 0 Å². The summed E-state index contributed by atoms with van der Waals surface area (Å²) in [4.78, 5) is 17.3. The van der Waals surface area contributed by atoms with Crippen molar-refractivity contribution in [2.45, 2.75) is 24.8 Å². The molecule has 0 unspecified atom stereocenters. The molecule has 144 valence electrons. The van der Waals surface area contributed by atoms with Crippen molar-refractivity contribution >= 4 is 44.8 Å². The molecule has 29 heavy (non-hydrogen) atoms. The van der Waals surface area contributed by atoms with Crippen LogP contribution in [0.2, 0.25) is 0 Å². The molecule has 0 saturated heterocycles. The van der Waals surface area contributed by atoms with Gasteiger partial charge in [0.05, 0.1) is 10.7 Å². The van der Waals surface area contributed by atoms with Gasteiger partial charge in [0.2, 0.25) is 0 Å². The number of fused-ring (bicyclic) bond motifs is 3. The molecule has 0 radical (unpaired) electrons. The first kappa shape index (κ1) is 18.1. The molecule has 0 N–H and O–H groups in total. The third-order valence-electron chi connectivity index (χ3n) is 4.57. The second-order valence-electron chi connectivity index (χ2n) is 6.56. The Kier molecular flexibility index (Phi) is 4.44. The summed E-state index contributed by atoms with van der Waals surface area (Å²) in [5.74, 6) is 0.983. The van der Waals surface area contributed by atoms with Gasteiger partial charge in [-0.3, -0.25) is 0 Å². The number of thioether (sulfide) groups is 1. The predicted molar refractivity (Wildman–Crippen MR) is 114 cm³/mol. The van der Waals surface area contributed by atoms with Gasteiger partial charge in [0, 0.05) is 17.2 Å². The molecule has 0 atom stereocenters. The summed E-state index contributed by atoms with van der Waals surface area (Å²) in [7, 11) is 0. The summed E-state index contributed by atoms with van der Waals surface area (Å²) in [5.41, 5.74) is 1.97. The maximum absolute atomic E-state index is 12.0. The molecule has 3 heterocycles. The molecular weight excluding hydrogens is 406 g/mol. The Morgan fingerprint density at radius 1 is 1.07 bits per heavy atom. The van der Waals surface area contributed by atoms with Crippen LogP contribution in [-0.2, 0) is 5.75 Å². The molecule has 5 rings (SSSR count). The summed E-state index contributed by atoms with van der Waals surface area (Å²) in [5, 5.41) is 12.8. The number of aromatic nitrogens is 3. The van der Waals surface area contributed by atoms with Crippen molar-refractivity contribution < 1.29 is 8.83 Å². The molecule has 0 fully saturated rings. The van der Waals surface area contributed by atoms with Gasteiger partial charge in [-0.05, 0) is 36.2 Å². The zero-order chi connectivity index (χ0) is 20.0. The van der Waals surface area contributed by atoms with E-state index in [-0.39, 0.29) is 5.63 Å². The van der Waals surface area contributed by atoms with Crippen LogP contribution >= 0.6 is 23.1 Å². The molecular formula is C21H15N3O3S2. The Labute approximate surface area is 173 Å². The Morgan fingerprint density at radius 2 is 1.93 bits per heavy atom. The summed E-state index contributed by atoms with van der Waals surface area (Å²) in [6.45, 7) is 3.87. The normalized spacial score (nSPS) is 11.5. The monoisotopic (exact) mass is 421 g/mol. The molecule has 3 aromatic heterocycles. The summed E-state index contributed by atoms with van der Waals surface area (Å²) >= 11 is 2.93. The highest BCUT2D eigenvalue weighted by atomic mass is 32.2. The van der Waals surface area contributed by atoms with Crippen molar-refractivity contribution in [1.29, 1.82) is 0 Å². The van der Waals surface area contributed by atoms with Crippen molar-refractivity contribution in [3.63, 3.8) is 0 Å². The van der Waals surface area contributed by atoms with E-state index in [1.165, 1.54) is 29.2 Å². The third kappa shape index (κ3) is 3.34. The average Bonchev–Trinajstić information content (AvgIpc) is 3.31. The van der Waals surface area contributed by atoms with Gasteiger partial charge in [0.1, 0.15) is 10.5 Å². The van der Waals surface area contributed by atoms with E-state index < -0.39 is 0 Å². The topological polar surface area (TPSA) is 82.0 Å². The van der Waals surface area contributed by atoms with Crippen LogP contribution in [0.4, 0.5) is 0 Å². The van der Waals surface area contributed by atoms with Crippen molar-refractivity contribution in [3.8, 4) is 10.8 Å². The SMILES string of the molecule is Cc1nc(C)c(-c2nnc(SCc3cc(=O)oc4ccc5ccccc5c34)o2)s1. The molecule has 0 amide bonds. The van der Waals surface area contributed by atoms with Crippen molar-refractivity contribution in [1.82, 2.24) is 15.2 Å². The van der Waals surface area contributed by atoms with E-state index in [1.807, 2.05) is 50.2 Å². The first-order valence-electron chi connectivity index (χ1n) is 8.94. The smallest absolute Gasteiger partial charge is 0.336 e. The van der Waals surface area contributed by atoms with Crippen LogP contribution < -0.4 is 5.63 Å². The van der Waals surface area contributed by atoms with Crippen LogP contribution in [0.15, 0.2) is 61.3 Å². The third-order valence-corrected chi connectivity index (χ3v) is 6.50. The standard InChI is InChI=1S/C21H15N3O3S2/c1-11-19(29-12(2)22-11)20-23-24-21(27-20)28-10-14-9-17(25)26-16-8-7-13-5-3-4-6-15(13)18(14)16/h3-9H,10H2,1-2H3. The number of hydrogen-bond acceptors (Lipinski definition) is 8. The van der Waals surface area contributed by atoms with Crippen LogP contribution in [0, 0.1) is 13.8 Å². The van der Waals surface area contributed by atoms with Gasteiger partial charge in [-0.2, -0.15) is 0 Å².